The Morgan fingerprint density at radius 2 is 1.86 bits per heavy atom. The summed E-state index contributed by atoms with van der Waals surface area (Å²) in [4.78, 5) is 22.6. The minimum Gasteiger partial charge on any atom is -0.493 e. The first kappa shape index (κ1) is 16.6. The maximum absolute atomic E-state index is 11.4. The molecular formula is C15H18O6. The predicted octanol–water partition coefficient (Wildman–Crippen LogP) is 2.12. The maximum Gasteiger partial charge on any atom is 0.332 e. The van der Waals surface area contributed by atoms with E-state index < -0.39 is 11.9 Å². The molecule has 1 rings (SSSR count). The van der Waals surface area contributed by atoms with Crippen molar-refractivity contribution < 1.29 is 28.9 Å². The highest BCUT2D eigenvalue weighted by atomic mass is 16.5. The smallest absolute Gasteiger partial charge is 0.332 e. The van der Waals surface area contributed by atoms with E-state index in [1.54, 1.807) is 25.1 Å². The average molecular weight is 294 g/mol. The lowest BCUT2D eigenvalue weighted by Gasteiger charge is -2.08. The number of carboxylic acids is 1. The van der Waals surface area contributed by atoms with Gasteiger partial charge in [-0.1, -0.05) is 6.07 Å². The van der Waals surface area contributed by atoms with Crippen molar-refractivity contribution in [2.24, 2.45) is 0 Å². The number of methoxy groups -OCH3 is 2. The number of carboxylic acid groups (broad SMARTS) is 1. The van der Waals surface area contributed by atoms with E-state index in [-0.39, 0.29) is 18.6 Å². The summed E-state index contributed by atoms with van der Waals surface area (Å²) < 4.78 is 15.0. The van der Waals surface area contributed by atoms with Crippen LogP contribution in [0.3, 0.4) is 0 Å². The molecule has 0 saturated heterocycles. The number of rotatable bonds is 7. The molecule has 6 nitrogen and oxygen atoms in total. The number of carbonyl (C=O) groups is 2. The lowest BCUT2D eigenvalue weighted by Crippen LogP contribution is -2.10. The summed E-state index contributed by atoms with van der Waals surface area (Å²) in [6.45, 7) is 1.87. The van der Waals surface area contributed by atoms with Gasteiger partial charge in [0.15, 0.2) is 11.5 Å². The lowest BCUT2D eigenvalue weighted by molar-refractivity contribution is -0.144. The quantitative estimate of drug-likeness (QED) is 0.612. The second kappa shape index (κ2) is 7.94. The highest BCUT2D eigenvalue weighted by Gasteiger charge is 2.14. The molecule has 1 aromatic carbocycles. The molecule has 0 amide bonds. The van der Waals surface area contributed by atoms with Gasteiger partial charge in [-0.05, 0) is 30.7 Å². The fourth-order valence-corrected chi connectivity index (χ4v) is 1.70. The van der Waals surface area contributed by atoms with Crippen LogP contribution in [-0.4, -0.2) is 37.9 Å². The van der Waals surface area contributed by atoms with Crippen molar-refractivity contribution in [1.29, 1.82) is 0 Å². The third-order valence-corrected chi connectivity index (χ3v) is 2.66. The molecule has 0 aliphatic carbocycles. The number of benzene rings is 1. The van der Waals surface area contributed by atoms with Gasteiger partial charge in [-0.25, -0.2) is 4.79 Å². The standard InChI is InChI=1S/C15H18O6/c1-4-21-14(16)9-11(15(17)18)7-10-5-6-12(19-2)13(8-10)20-3/h5-8H,4,9H2,1-3H3,(H,17,18)/b11-7+. The lowest BCUT2D eigenvalue weighted by atomic mass is 10.1. The summed E-state index contributed by atoms with van der Waals surface area (Å²) >= 11 is 0. The van der Waals surface area contributed by atoms with E-state index in [1.807, 2.05) is 0 Å². The van der Waals surface area contributed by atoms with Gasteiger partial charge in [-0.3, -0.25) is 4.79 Å². The van der Waals surface area contributed by atoms with Gasteiger partial charge in [-0.2, -0.15) is 0 Å². The highest BCUT2D eigenvalue weighted by Crippen LogP contribution is 2.28. The van der Waals surface area contributed by atoms with Crippen LogP contribution in [0.5, 0.6) is 11.5 Å². The van der Waals surface area contributed by atoms with Gasteiger partial charge in [0.05, 0.1) is 27.2 Å². The normalized spacial score (nSPS) is 10.9. The molecule has 21 heavy (non-hydrogen) atoms. The van der Waals surface area contributed by atoms with Gasteiger partial charge < -0.3 is 19.3 Å². The average Bonchev–Trinajstić information content (AvgIpc) is 2.46. The molecule has 0 fully saturated rings. The van der Waals surface area contributed by atoms with Gasteiger partial charge in [0.25, 0.3) is 0 Å². The first-order chi connectivity index (χ1) is 10.0. The maximum atomic E-state index is 11.4. The van der Waals surface area contributed by atoms with Crippen LogP contribution in [0.1, 0.15) is 18.9 Å². The minimum absolute atomic E-state index is 0.0549. The van der Waals surface area contributed by atoms with E-state index >= 15 is 0 Å². The number of ether oxygens (including phenoxy) is 3. The first-order valence-corrected chi connectivity index (χ1v) is 6.33. The van der Waals surface area contributed by atoms with Crippen molar-refractivity contribution in [2.45, 2.75) is 13.3 Å². The Morgan fingerprint density at radius 3 is 2.38 bits per heavy atom. The summed E-state index contributed by atoms with van der Waals surface area (Å²) in [5.41, 5.74) is 0.537. The van der Waals surface area contributed by atoms with E-state index in [0.717, 1.165) is 0 Å². The number of esters is 1. The van der Waals surface area contributed by atoms with Crippen LogP contribution in [0.4, 0.5) is 0 Å². The summed E-state index contributed by atoms with van der Waals surface area (Å²) in [6, 6.07) is 4.97. The monoisotopic (exact) mass is 294 g/mol. The third-order valence-electron chi connectivity index (χ3n) is 2.66. The van der Waals surface area contributed by atoms with Gasteiger partial charge in [0.2, 0.25) is 0 Å². The number of aliphatic carboxylic acids is 1. The largest absolute Gasteiger partial charge is 0.493 e. The molecule has 0 unspecified atom stereocenters. The van der Waals surface area contributed by atoms with Crippen LogP contribution in [0.15, 0.2) is 23.8 Å². The van der Waals surface area contributed by atoms with Crippen molar-refractivity contribution in [2.75, 3.05) is 20.8 Å². The van der Waals surface area contributed by atoms with Crippen LogP contribution in [-0.2, 0) is 14.3 Å². The van der Waals surface area contributed by atoms with Crippen LogP contribution in [0, 0.1) is 0 Å². The van der Waals surface area contributed by atoms with Crippen molar-refractivity contribution in [1.82, 2.24) is 0 Å². The van der Waals surface area contributed by atoms with Gasteiger partial charge in [-0.15, -0.1) is 0 Å². The zero-order valence-corrected chi connectivity index (χ0v) is 12.2. The first-order valence-electron chi connectivity index (χ1n) is 6.33. The number of hydrogen-bond acceptors (Lipinski definition) is 5. The van der Waals surface area contributed by atoms with Crippen LogP contribution >= 0.6 is 0 Å². The molecule has 0 bridgehead atoms. The molecule has 1 aromatic rings. The van der Waals surface area contributed by atoms with Gasteiger partial charge in [0, 0.05) is 5.57 Å². The van der Waals surface area contributed by atoms with Crippen LogP contribution < -0.4 is 9.47 Å². The molecule has 0 aliphatic heterocycles. The Kier molecular flexibility index (Phi) is 6.26. The molecule has 0 aromatic heterocycles. The number of hydrogen-bond donors (Lipinski definition) is 1. The summed E-state index contributed by atoms with van der Waals surface area (Å²) in [7, 11) is 3.00. The molecule has 0 spiro atoms. The van der Waals surface area contributed by atoms with Crippen LogP contribution in [0.25, 0.3) is 6.08 Å². The van der Waals surface area contributed by atoms with E-state index in [0.29, 0.717) is 17.1 Å². The molecule has 0 heterocycles. The Morgan fingerprint density at radius 1 is 1.19 bits per heavy atom. The molecule has 0 atom stereocenters. The van der Waals surface area contributed by atoms with E-state index in [2.05, 4.69) is 0 Å². The highest BCUT2D eigenvalue weighted by molar-refractivity contribution is 5.97. The minimum atomic E-state index is -1.17. The second-order valence-electron chi connectivity index (χ2n) is 4.07. The fourth-order valence-electron chi connectivity index (χ4n) is 1.70. The zero-order chi connectivity index (χ0) is 15.8. The molecule has 0 aliphatic rings. The van der Waals surface area contributed by atoms with Crippen molar-refractivity contribution >= 4 is 18.0 Å². The molecular weight excluding hydrogens is 276 g/mol. The SMILES string of the molecule is CCOC(=O)C/C(=C\c1ccc(OC)c(OC)c1)C(=O)O. The van der Waals surface area contributed by atoms with E-state index in [1.165, 1.54) is 20.3 Å². The molecule has 1 N–H and O–H groups in total. The summed E-state index contributed by atoms with van der Waals surface area (Å²) in [6.07, 6.45) is 1.11. The Labute approximate surface area is 122 Å². The van der Waals surface area contributed by atoms with Crippen molar-refractivity contribution in [3.05, 3.63) is 29.3 Å². The Hall–Kier alpha value is -2.50. The van der Waals surface area contributed by atoms with E-state index in [9.17, 15) is 9.59 Å². The summed E-state index contributed by atoms with van der Waals surface area (Å²) in [5.74, 6) is -0.728. The zero-order valence-electron chi connectivity index (χ0n) is 12.2. The van der Waals surface area contributed by atoms with Gasteiger partial charge >= 0.3 is 11.9 Å². The Balaban J connectivity index is 3.05. The second-order valence-corrected chi connectivity index (χ2v) is 4.07. The van der Waals surface area contributed by atoms with Crippen LogP contribution in [0.2, 0.25) is 0 Å². The third kappa shape index (κ3) is 4.83. The van der Waals surface area contributed by atoms with E-state index in [4.69, 9.17) is 19.3 Å². The molecule has 0 saturated carbocycles. The summed E-state index contributed by atoms with van der Waals surface area (Å²) in [5, 5.41) is 9.15. The number of carbonyl (C=O) groups excluding carboxylic acids is 1. The topological polar surface area (TPSA) is 82.1 Å². The fraction of sp³-hybridized carbons (Fsp3) is 0.333. The molecule has 114 valence electrons. The predicted molar refractivity (Wildman–Crippen MR) is 76.4 cm³/mol. The van der Waals surface area contributed by atoms with Crippen molar-refractivity contribution in [3.8, 4) is 11.5 Å². The van der Waals surface area contributed by atoms with Crippen molar-refractivity contribution in [3.63, 3.8) is 0 Å². The molecule has 0 radical (unpaired) electrons. The van der Waals surface area contributed by atoms with Gasteiger partial charge in [0.1, 0.15) is 0 Å². The Bertz CT molecular complexity index is 547. The molecule has 6 heteroatoms.